The maximum absolute atomic E-state index is 0. The van der Waals surface area contributed by atoms with Crippen LogP contribution >= 0.6 is 0 Å². The van der Waals surface area contributed by atoms with Gasteiger partial charge in [0.2, 0.25) is 0 Å². The molecule has 0 spiro atoms. The van der Waals surface area contributed by atoms with Gasteiger partial charge in [-0.3, -0.25) is 0 Å². The first-order chi connectivity index (χ1) is 0. The van der Waals surface area contributed by atoms with Gasteiger partial charge >= 0.3 is 47.6 Å². The molecular formula is InO2Ti+3. The Morgan fingerprint density at radius 1 is 0.750 bits per heavy atom. The van der Waals surface area contributed by atoms with Crippen molar-refractivity contribution >= 4 is 25.8 Å². The van der Waals surface area contributed by atoms with Crippen LogP contribution in [0.1, 0.15) is 0 Å². The standard InChI is InChI=1S/In.2O.Ti/q+3;2*-2;+4. The third kappa shape index (κ3) is 9.71. The Bertz CT molecular complexity index is 6.00. The van der Waals surface area contributed by atoms with E-state index in [9.17, 15) is 0 Å². The average Bonchev–Trinajstić information content (AvgIpc) is 0. The maximum Gasteiger partial charge on any atom is 4.00 e. The molecule has 4 heteroatoms. The second-order valence-electron chi connectivity index (χ2n) is 0. The van der Waals surface area contributed by atoms with Gasteiger partial charge in [0.15, 0.2) is 0 Å². The molecule has 16 valence electrons. The predicted molar refractivity (Wildman–Crippen MR) is 7.13 cm³/mol. The summed E-state index contributed by atoms with van der Waals surface area (Å²) in [4.78, 5) is 0. The molecule has 0 aromatic carbocycles. The van der Waals surface area contributed by atoms with E-state index in [0.29, 0.717) is 0 Å². The minimum atomic E-state index is 0. The van der Waals surface area contributed by atoms with Crippen molar-refractivity contribution in [3.63, 3.8) is 0 Å². The van der Waals surface area contributed by atoms with Crippen LogP contribution in [0.15, 0.2) is 0 Å². The summed E-state index contributed by atoms with van der Waals surface area (Å²) < 4.78 is 0. The van der Waals surface area contributed by atoms with Crippen molar-refractivity contribution in [1.29, 1.82) is 0 Å². The van der Waals surface area contributed by atoms with E-state index in [1.165, 1.54) is 0 Å². The van der Waals surface area contributed by atoms with E-state index in [0.717, 1.165) is 0 Å². The van der Waals surface area contributed by atoms with Crippen molar-refractivity contribution in [1.82, 2.24) is 0 Å². The third-order valence-corrected chi connectivity index (χ3v) is 0. The average molecular weight is 195 g/mol. The van der Waals surface area contributed by atoms with E-state index < -0.39 is 0 Å². The molecule has 0 rings (SSSR count). The molecule has 0 saturated carbocycles. The van der Waals surface area contributed by atoms with Crippen molar-refractivity contribution in [2.45, 2.75) is 0 Å². The largest absolute Gasteiger partial charge is 4.00 e. The van der Waals surface area contributed by atoms with Crippen molar-refractivity contribution in [2.75, 3.05) is 0 Å². The summed E-state index contributed by atoms with van der Waals surface area (Å²) in [7, 11) is 0. The van der Waals surface area contributed by atoms with Gasteiger partial charge in [0.1, 0.15) is 0 Å². The molecule has 0 aliphatic carbocycles. The van der Waals surface area contributed by atoms with Gasteiger partial charge in [-0.1, -0.05) is 0 Å². The molecule has 0 saturated heterocycles. The van der Waals surface area contributed by atoms with E-state index in [1.807, 2.05) is 0 Å². The molecule has 0 aliphatic heterocycles. The number of hydrogen-bond acceptors (Lipinski definition) is 0. The van der Waals surface area contributed by atoms with Gasteiger partial charge in [-0.15, -0.1) is 0 Å². The first-order valence-corrected chi connectivity index (χ1v) is 0. The Balaban J connectivity index is 0. The third-order valence-electron chi connectivity index (χ3n) is 0. The Labute approximate surface area is 58.2 Å². The molecule has 0 unspecified atom stereocenters. The number of hydrogen-bond donors (Lipinski definition) is 0. The summed E-state index contributed by atoms with van der Waals surface area (Å²) in [5.41, 5.74) is 0. The minimum Gasteiger partial charge on any atom is -2.00 e. The molecule has 0 aromatic heterocycles. The molecule has 0 aromatic rings. The number of rotatable bonds is 0. The molecular weight excluding hydrogens is 195 g/mol. The van der Waals surface area contributed by atoms with Crippen molar-refractivity contribution in [2.24, 2.45) is 0 Å². The minimum absolute atomic E-state index is 0. The van der Waals surface area contributed by atoms with Crippen LogP contribution in [0.3, 0.4) is 0 Å². The fraction of sp³-hybridized carbons (Fsp3) is 0. The second-order valence-corrected chi connectivity index (χ2v) is 0. The summed E-state index contributed by atoms with van der Waals surface area (Å²) in [5.74, 6) is 0. The van der Waals surface area contributed by atoms with Crippen LogP contribution in [-0.2, 0) is 32.7 Å². The van der Waals surface area contributed by atoms with Gasteiger partial charge in [-0.2, -0.15) is 0 Å². The van der Waals surface area contributed by atoms with Crippen LogP contribution in [0.5, 0.6) is 0 Å². The fourth-order valence-electron chi connectivity index (χ4n) is 0. The molecule has 0 heterocycles. The Morgan fingerprint density at radius 3 is 0.750 bits per heavy atom. The van der Waals surface area contributed by atoms with Gasteiger partial charge in [0, 0.05) is 0 Å². The summed E-state index contributed by atoms with van der Waals surface area (Å²) in [6.45, 7) is 0. The Kier molecular flexibility index (Phi) is 302. The van der Waals surface area contributed by atoms with Crippen molar-refractivity contribution in [3.8, 4) is 0 Å². The van der Waals surface area contributed by atoms with Gasteiger partial charge in [0.05, 0.1) is 0 Å². The Hall–Kier alpha value is 1.50. The SMILES string of the molecule is [In+3].[O-2].[O-2].[Ti+4]. The summed E-state index contributed by atoms with van der Waals surface area (Å²) >= 11 is 0. The molecule has 0 bridgehead atoms. The van der Waals surface area contributed by atoms with Crippen molar-refractivity contribution < 1.29 is 32.7 Å². The molecule has 4 heavy (non-hydrogen) atoms. The second kappa shape index (κ2) is 24.4. The molecule has 0 atom stereocenters. The van der Waals surface area contributed by atoms with Crippen LogP contribution in [0.4, 0.5) is 0 Å². The molecule has 0 amide bonds. The monoisotopic (exact) mass is 195 g/mol. The topological polar surface area (TPSA) is 57.0 Å². The zero-order valence-corrected chi connectivity index (χ0v) is 6.75. The van der Waals surface area contributed by atoms with Gasteiger partial charge < -0.3 is 11.0 Å². The van der Waals surface area contributed by atoms with Crippen molar-refractivity contribution in [3.05, 3.63) is 0 Å². The molecule has 0 radical (unpaired) electrons. The Morgan fingerprint density at radius 2 is 0.750 bits per heavy atom. The van der Waals surface area contributed by atoms with Crippen LogP contribution in [0, 0.1) is 0 Å². The summed E-state index contributed by atoms with van der Waals surface area (Å²) in [6.07, 6.45) is 0. The zero-order valence-electron chi connectivity index (χ0n) is 1.89. The quantitative estimate of drug-likeness (QED) is 0.462. The molecule has 0 N–H and O–H groups in total. The molecule has 2 nitrogen and oxygen atoms in total. The van der Waals surface area contributed by atoms with Gasteiger partial charge in [-0.05, 0) is 0 Å². The predicted octanol–water partition coefficient (Wildman–Crippen LogP) is -0.621. The first-order valence-electron chi connectivity index (χ1n) is 0. The van der Waals surface area contributed by atoms with Gasteiger partial charge in [-0.25, -0.2) is 0 Å². The van der Waals surface area contributed by atoms with E-state index in [-0.39, 0.29) is 58.5 Å². The normalized spacial score (nSPS) is 0. The van der Waals surface area contributed by atoms with Crippen LogP contribution in [-0.4, -0.2) is 25.8 Å². The van der Waals surface area contributed by atoms with E-state index in [1.54, 1.807) is 0 Å². The van der Waals surface area contributed by atoms with E-state index in [4.69, 9.17) is 0 Å². The first kappa shape index (κ1) is 49.3. The smallest absolute Gasteiger partial charge is 2.00 e. The molecule has 0 aliphatic rings. The van der Waals surface area contributed by atoms with Gasteiger partial charge in [0.25, 0.3) is 0 Å². The van der Waals surface area contributed by atoms with E-state index in [2.05, 4.69) is 0 Å². The zero-order chi connectivity index (χ0) is 0. The van der Waals surface area contributed by atoms with Crippen LogP contribution < -0.4 is 0 Å². The maximum atomic E-state index is 0. The molecule has 0 fully saturated rings. The summed E-state index contributed by atoms with van der Waals surface area (Å²) in [6, 6.07) is 0. The summed E-state index contributed by atoms with van der Waals surface area (Å²) in [5, 5.41) is 0. The fourth-order valence-corrected chi connectivity index (χ4v) is 0. The van der Waals surface area contributed by atoms with Crippen LogP contribution in [0.25, 0.3) is 0 Å². The van der Waals surface area contributed by atoms with Crippen LogP contribution in [0.2, 0.25) is 0 Å². The van der Waals surface area contributed by atoms with E-state index >= 15 is 0 Å².